The summed E-state index contributed by atoms with van der Waals surface area (Å²) in [7, 11) is 1.91. The van der Waals surface area contributed by atoms with Crippen LogP contribution in [-0.2, 0) is 18.4 Å². The molecule has 2 N–H and O–H groups in total. The SMILES string of the molecule is CCNC(=NCc1ccnn1C)NC1CCN(C(=O)CC)C1. The van der Waals surface area contributed by atoms with Gasteiger partial charge in [-0.1, -0.05) is 6.92 Å². The lowest BCUT2D eigenvalue weighted by atomic mass is 10.3. The Morgan fingerprint density at radius 2 is 2.32 bits per heavy atom. The Morgan fingerprint density at radius 1 is 1.50 bits per heavy atom. The van der Waals surface area contributed by atoms with Gasteiger partial charge in [-0.3, -0.25) is 9.48 Å². The summed E-state index contributed by atoms with van der Waals surface area (Å²) in [5.74, 6) is 1.01. The van der Waals surface area contributed by atoms with E-state index in [-0.39, 0.29) is 11.9 Å². The number of aliphatic imine (C=N–C) groups is 1. The van der Waals surface area contributed by atoms with E-state index in [1.165, 1.54) is 0 Å². The fourth-order valence-electron chi connectivity index (χ4n) is 2.56. The van der Waals surface area contributed by atoms with Crippen molar-refractivity contribution in [3.8, 4) is 0 Å². The topological polar surface area (TPSA) is 74.6 Å². The number of aromatic nitrogens is 2. The van der Waals surface area contributed by atoms with E-state index in [1.54, 1.807) is 6.20 Å². The Labute approximate surface area is 131 Å². The van der Waals surface area contributed by atoms with Crippen molar-refractivity contribution < 1.29 is 4.79 Å². The van der Waals surface area contributed by atoms with Crippen LogP contribution in [-0.4, -0.2) is 52.2 Å². The van der Waals surface area contributed by atoms with E-state index < -0.39 is 0 Å². The van der Waals surface area contributed by atoms with Gasteiger partial charge in [0, 0.05) is 45.3 Å². The fraction of sp³-hybridized carbons (Fsp3) is 0.667. The molecule has 1 aromatic rings. The average Bonchev–Trinajstić information content (AvgIpc) is 3.13. The second kappa shape index (κ2) is 7.82. The van der Waals surface area contributed by atoms with Crippen molar-refractivity contribution in [1.82, 2.24) is 25.3 Å². The molecule has 7 heteroatoms. The smallest absolute Gasteiger partial charge is 0.222 e. The van der Waals surface area contributed by atoms with Gasteiger partial charge in [0.25, 0.3) is 0 Å². The van der Waals surface area contributed by atoms with E-state index in [1.807, 2.05) is 36.5 Å². The summed E-state index contributed by atoms with van der Waals surface area (Å²) >= 11 is 0. The summed E-state index contributed by atoms with van der Waals surface area (Å²) in [4.78, 5) is 18.3. The van der Waals surface area contributed by atoms with Crippen LogP contribution in [0.2, 0.25) is 0 Å². The first-order chi connectivity index (χ1) is 10.6. The van der Waals surface area contributed by atoms with Gasteiger partial charge < -0.3 is 15.5 Å². The number of guanidine groups is 1. The van der Waals surface area contributed by atoms with E-state index in [0.717, 1.165) is 37.7 Å². The summed E-state index contributed by atoms with van der Waals surface area (Å²) in [6.45, 7) is 6.91. The van der Waals surface area contributed by atoms with Gasteiger partial charge in [0.2, 0.25) is 5.91 Å². The van der Waals surface area contributed by atoms with E-state index in [4.69, 9.17) is 0 Å². The minimum Gasteiger partial charge on any atom is -0.357 e. The molecule has 2 rings (SSSR count). The maximum Gasteiger partial charge on any atom is 0.222 e. The third-order valence-electron chi connectivity index (χ3n) is 3.85. The molecule has 0 spiro atoms. The molecule has 1 atom stereocenters. The Morgan fingerprint density at radius 3 is 2.95 bits per heavy atom. The van der Waals surface area contributed by atoms with Crippen molar-refractivity contribution in [1.29, 1.82) is 0 Å². The first kappa shape index (κ1) is 16.3. The lowest BCUT2D eigenvalue weighted by Gasteiger charge is -2.18. The molecule has 1 saturated heterocycles. The lowest BCUT2D eigenvalue weighted by molar-refractivity contribution is -0.129. The summed E-state index contributed by atoms with van der Waals surface area (Å²) in [6, 6.07) is 2.23. The van der Waals surface area contributed by atoms with Gasteiger partial charge in [0.15, 0.2) is 5.96 Å². The molecule has 0 bridgehead atoms. The van der Waals surface area contributed by atoms with Crippen LogP contribution in [0.5, 0.6) is 0 Å². The van der Waals surface area contributed by atoms with Crippen LogP contribution in [0.4, 0.5) is 0 Å². The minimum atomic E-state index is 0.223. The number of amides is 1. The van der Waals surface area contributed by atoms with Crippen molar-refractivity contribution >= 4 is 11.9 Å². The third-order valence-corrected chi connectivity index (χ3v) is 3.85. The lowest BCUT2D eigenvalue weighted by Crippen LogP contribution is -2.45. The zero-order valence-electron chi connectivity index (χ0n) is 13.7. The Balaban J connectivity index is 1.92. The van der Waals surface area contributed by atoms with Gasteiger partial charge >= 0.3 is 0 Å². The number of carbonyl (C=O) groups excluding carboxylic acids is 1. The van der Waals surface area contributed by atoms with Crippen LogP contribution in [0, 0.1) is 0 Å². The zero-order chi connectivity index (χ0) is 15.9. The minimum absolute atomic E-state index is 0.223. The molecule has 1 aliphatic heterocycles. The monoisotopic (exact) mass is 306 g/mol. The van der Waals surface area contributed by atoms with E-state index in [2.05, 4.69) is 20.7 Å². The first-order valence-corrected chi connectivity index (χ1v) is 7.93. The first-order valence-electron chi connectivity index (χ1n) is 7.93. The molecule has 1 fully saturated rings. The van der Waals surface area contributed by atoms with Crippen molar-refractivity contribution in [3.05, 3.63) is 18.0 Å². The molecule has 0 radical (unpaired) electrons. The van der Waals surface area contributed by atoms with Gasteiger partial charge in [-0.2, -0.15) is 5.10 Å². The summed E-state index contributed by atoms with van der Waals surface area (Å²) < 4.78 is 1.82. The number of carbonyl (C=O) groups is 1. The van der Waals surface area contributed by atoms with Crippen LogP contribution in [0.3, 0.4) is 0 Å². The van der Waals surface area contributed by atoms with Crippen molar-refractivity contribution in [2.45, 2.75) is 39.3 Å². The number of hydrogen-bond acceptors (Lipinski definition) is 3. The molecular formula is C15H26N6O. The second-order valence-corrected chi connectivity index (χ2v) is 5.46. The van der Waals surface area contributed by atoms with Crippen molar-refractivity contribution in [2.75, 3.05) is 19.6 Å². The van der Waals surface area contributed by atoms with Gasteiger partial charge in [-0.25, -0.2) is 4.99 Å². The van der Waals surface area contributed by atoms with E-state index in [9.17, 15) is 4.79 Å². The highest BCUT2D eigenvalue weighted by atomic mass is 16.2. The molecule has 0 saturated carbocycles. The standard InChI is InChI=1S/C15H26N6O/c1-4-14(22)21-9-7-12(11-21)19-15(16-5-2)17-10-13-6-8-18-20(13)3/h6,8,12H,4-5,7,9-11H2,1-3H3,(H2,16,17,19). The molecule has 22 heavy (non-hydrogen) atoms. The van der Waals surface area contributed by atoms with E-state index in [0.29, 0.717) is 13.0 Å². The molecular weight excluding hydrogens is 280 g/mol. The molecule has 1 unspecified atom stereocenters. The second-order valence-electron chi connectivity index (χ2n) is 5.46. The highest BCUT2D eigenvalue weighted by Crippen LogP contribution is 2.10. The largest absolute Gasteiger partial charge is 0.357 e. The predicted octanol–water partition coefficient (Wildman–Crippen LogP) is 0.486. The van der Waals surface area contributed by atoms with E-state index >= 15 is 0 Å². The fourth-order valence-corrected chi connectivity index (χ4v) is 2.56. The number of likely N-dealkylation sites (tertiary alicyclic amines) is 1. The number of rotatable bonds is 5. The van der Waals surface area contributed by atoms with Crippen LogP contribution in [0.15, 0.2) is 17.3 Å². The third kappa shape index (κ3) is 4.22. The molecule has 0 aromatic carbocycles. The molecule has 1 aliphatic rings. The Hall–Kier alpha value is -2.05. The van der Waals surface area contributed by atoms with Crippen LogP contribution in [0.1, 0.15) is 32.4 Å². The highest BCUT2D eigenvalue weighted by Gasteiger charge is 2.25. The molecule has 122 valence electrons. The van der Waals surface area contributed by atoms with Gasteiger partial charge in [-0.05, 0) is 19.4 Å². The average molecular weight is 306 g/mol. The summed E-state index contributed by atoms with van der Waals surface area (Å²) in [5.41, 5.74) is 1.06. The van der Waals surface area contributed by atoms with Gasteiger partial charge in [0.1, 0.15) is 0 Å². The van der Waals surface area contributed by atoms with Gasteiger partial charge in [0.05, 0.1) is 12.2 Å². The molecule has 1 aromatic heterocycles. The quantitative estimate of drug-likeness (QED) is 0.613. The molecule has 2 heterocycles. The Bertz CT molecular complexity index is 524. The number of hydrogen-bond donors (Lipinski definition) is 2. The molecule has 7 nitrogen and oxygen atoms in total. The Kier molecular flexibility index (Phi) is 5.80. The van der Waals surface area contributed by atoms with Crippen LogP contribution >= 0.6 is 0 Å². The number of nitrogens with zero attached hydrogens (tertiary/aromatic N) is 4. The maximum absolute atomic E-state index is 11.7. The zero-order valence-corrected chi connectivity index (χ0v) is 13.7. The van der Waals surface area contributed by atoms with Gasteiger partial charge in [-0.15, -0.1) is 0 Å². The highest BCUT2D eigenvalue weighted by molar-refractivity contribution is 5.80. The predicted molar refractivity (Wildman–Crippen MR) is 86.4 cm³/mol. The normalized spacial score (nSPS) is 18.6. The molecule has 0 aliphatic carbocycles. The van der Waals surface area contributed by atoms with Crippen LogP contribution in [0.25, 0.3) is 0 Å². The summed E-state index contributed by atoms with van der Waals surface area (Å²) in [6.07, 6.45) is 3.31. The number of aryl methyl sites for hydroxylation is 1. The maximum atomic E-state index is 11.7. The molecule has 1 amide bonds. The number of nitrogens with one attached hydrogen (secondary N) is 2. The summed E-state index contributed by atoms with van der Waals surface area (Å²) in [5, 5.41) is 10.8. The van der Waals surface area contributed by atoms with Crippen LogP contribution < -0.4 is 10.6 Å². The van der Waals surface area contributed by atoms with Crippen molar-refractivity contribution in [3.63, 3.8) is 0 Å². The van der Waals surface area contributed by atoms with Crippen molar-refractivity contribution in [2.24, 2.45) is 12.0 Å².